The highest BCUT2D eigenvalue weighted by Gasteiger charge is 2.12. The van der Waals surface area contributed by atoms with Crippen LogP contribution in [0.3, 0.4) is 0 Å². The molecule has 0 atom stereocenters. The van der Waals surface area contributed by atoms with Crippen LogP contribution in [0, 0.1) is 0 Å². The topological polar surface area (TPSA) is 80.7 Å². The van der Waals surface area contributed by atoms with Crippen LogP contribution in [-0.4, -0.2) is 49.5 Å². The van der Waals surface area contributed by atoms with Crippen molar-refractivity contribution in [3.05, 3.63) is 60.2 Å². The van der Waals surface area contributed by atoms with Crippen molar-refractivity contribution in [3.63, 3.8) is 0 Å². The van der Waals surface area contributed by atoms with Crippen LogP contribution in [0.4, 0.5) is 0 Å². The Bertz CT molecular complexity index is 894. The Morgan fingerprint density at radius 1 is 1.11 bits per heavy atom. The van der Waals surface area contributed by atoms with Crippen molar-refractivity contribution in [1.82, 2.24) is 10.3 Å². The summed E-state index contributed by atoms with van der Waals surface area (Å²) in [5.41, 5.74) is 2.41. The summed E-state index contributed by atoms with van der Waals surface area (Å²) in [4.78, 5) is 16.0. The van der Waals surface area contributed by atoms with Crippen molar-refractivity contribution in [2.45, 2.75) is 0 Å². The largest absolute Gasteiger partial charge is 0.497 e. The number of aromatic nitrogens is 1. The number of rotatable bonds is 3. The zero-order chi connectivity index (χ0) is 19.1. The van der Waals surface area contributed by atoms with Crippen molar-refractivity contribution in [3.8, 4) is 17.0 Å². The summed E-state index contributed by atoms with van der Waals surface area (Å²) in [5.74, 6) is -0.207. The van der Waals surface area contributed by atoms with E-state index in [9.17, 15) is 9.90 Å². The number of carbonyl (C=O) groups is 1. The van der Waals surface area contributed by atoms with Gasteiger partial charge in [0.1, 0.15) is 5.75 Å². The molecule has 0 radical (unpaired) electrons. The van der Waals surface area contributed by atoms with Gasteiger partial charge in [-0.2, -0.15) is 0 Å². The van der Waals surface area contributed by atoms with Crippen LogP contribution in [0.1, 0.15) is 10.4 Å². The van der Waals surface area contributed by atoms with E-state index >= 15 is 0 Å². The van der Waals surface area contributed by atoms with Gasteiger partial charge < -0.3 is 19.9 Å². The quantitative estimate of drug-likeness (QED) is 0.741. The van der Waals surface area contributed by atoms with E-state index in [1.165, 1.54) is 0 Å². The maximum absolute atomic E-state index is 11.5. The summed E-state index contributed by atoms with van der Waals surface area (Å²) in [6.45, 7) is 3.83. The van der Waals surface area contributed by atoms with Crippen molar-refractivity contribution in [2.24, 2.45) is 0 Å². The summed E-state index contributed by atoms with van der Waals surface area (Å²) in [6, 6.07) is 16.2. The molecule has 6 heteroatoms. The van der Waals surface area contributed by atoms with E-state index in [2.05, 4.69) is 10.3 Å². The molecule has 4 rings (SSSR count). The number of aromatic carboxylic acids is 1. The molecule has 1 saturated heterocycles. The minimum atomic E-state index is -0.955. The number of carboxylic acids is 1. The molecule has 0 spiro atoms. The van der Waals surface area contributed by atoms with Gasteiger partial charge in [0, 0.05) is 24.0 Å². The lowest BCUT2D eigenvalue weighted by Crippen LogP contribution is -2.30. The molecule has 0 saturated carbocycles. The van der Waals surface area contributed by atoms with Gasteiger partial charge in [0.2, 0.25) is 0 Å². The molecule has 2 aromatic carbocycles. The van der Waals surface area contributed by atoms with Crippen LogP contribution in [0.25, 0.3) is 22.2 Å². The van der Waals surface area contributed by atoms with E-state index in [1.54, 1.807) is 19.2 Å². The lowest BCUT2D eigenvalue weighted by Gasteiger charge is -2.10. The molecule has 1 aliphatic rings. The number of ether oxygens (including phenoxy) is 2. The van der Waals surface area contributed by atoms with Gasteiger partial charge in [0.05, 0.1) is 37.1 Å². The summed E-state index contributed by atoms with van der Waals surface area (Å²) in [7, 11) is 1.60. The molecule has 6 nitrogen and oxygen atoms in total. The molecule has 2 N–H and O–H groups in total. The van der Waals surface area contributed by atoms with Crippen molar-refractivity contribution in [1.29, 1.82) is 0 Å². The minimum Gasteiger partial charge on any atom is -0.497 e. The molecule has 27 heavy (non-hydrogen) atoms. The first-order valence-electron chi connectivity index (χ1n) is 8.75. The fourth-order valence-corrected chi connectivity index (χ4v) is 2.78. The normalized spacial score (nSPS) is 13.5. The highest BCUT2D eigenvalue weighted by atomic mass is 16.5. The Morgan fingerprint density at radius 2 is 1.81 bits per heavy atom. The average molecular weight is 366 g/mol. The maximum Gasteiger partial charge on any atom is 0.336 e. The number of nitrogens with one attached hydrogen (secondary N) is 1. The predicted molar refractivity (Wildman–Crippen MR) is 104 cm³/mol. The Morgan fingerprint density at radius 3 is 2.37 bits per heavy atom. The number of fused-ring (bicyclic) bond motifs is 1. The molecule has 0 unspecified atom stereocenters. The zero-order valence-electron chi connectivity index (χ0n) is 15.1. The minimum absolute atomic E-state index is 0.256. The number of carboxylic acid groups (broad SMARTS) is 1. The van der Waals surface area contributed by atoms with Gasteiger partial charge in [-0.15, -0.1) is 0 Å². The third-order valence-electron chi connectivity index (χ3n) is 4.18. The third-order valence-corrected chi connectivity index (χ3v) is 4.18. The molecule has 3 aromatic rings. The predicted octanol–water partition coefficient (Wildman–Crippen LogP) is 3.21. The molecule has 1 aromatic heterocycles. The van der Waals surface area contributed by atoms with Gasteiger partial charge in [-0.1, -0.05) is 18.2 Å². The smallest absolute Gasteiger partial charge is 0.336 e. The van der Waals surface area contributed by atoms with E-state index < -0.39 is 5.97 Å². The highest BCUT2D eigenvalue weighted by Crippen LogP contribution is 2.26. The molecule has 1 aliphatic heterocycles. The molecular formula is C21H22N2O4. The standard InChI is InChI=1S/C17H13NO3.C4H9NO/c1-21-12-8-6-11(7-9-12)16-10-14(17(19)20)13-4-2-3-5-15(13)18-16;1-3-6-4-2-5-1/h2-10H,1H3,(H,19,20);5H,1-4H2. The van der Waals surface area contributed by atoms with Gasteiger partial charge in [-0.25, -0.2) is 9.78 Å². The van der Waals surface area contributed by atoms with Crippen molar-refractivity contribution < 1.29 is 19.4 Å². The van der Waals surface area contributed by atoms with Crippen LogP contribution in [0.2, 0.25) is 0 Å². The lowest BCUT2D eigenvalue weighted by molar-refractivity contribution is 0.0699. The highest BCUT2D eigenvalue weighted by molar-refractivity contribution is 6.03. The van der Waals surface area contributed by atoms with Gasteiger partial charge in [0.15, 0.2) is 0 Å². The second-order valence-corrected chi connectivity index (χ2v) is 5.97. The number of hydrogen-bond acceptors (Lipinski definition) is 5. The zero-order valence-corrected chi connectivity index (χ0v) is 15.1. The molecule has 140 valence electrons. The van der Waals surface area contributed by atoms with Crippen LogP contribution in [0.5, 0.6) is 5.75 Å². The van der Waals surface area contributed by atoms with E-state index in [4.69, 9.17) is 9.47 Å². The van der Waals surface area contributed by atoms with Gasteiger partial charge in [-0.05, 0) is 36.4 Å². The molecule has 0 aliphatic carbocycles. The van der Waals surface area contributed by atoms with Crippen molar-refractivity contribution >= 4 is 16.9 Å². The second-order valence-electron chi connectivity index (χ2n) is 5.97. The summed E-state index contributed by atoms with van der Waals surface area (Å²) >= 11 is 0. The number of methoxy groups -OCH3 is 1. The number of para-hydroxylation sites is 1. The Hall–Kier alpha value is -2.96. The maximum atomic E-state index is 11.5. The molecule has 0 amide bonds. The Balaban J connectivity index is 0.000000299. The van der Waals surface area contributed by atoms with Gasteiger partial charge >= 0.3 is 5.97 Å². The average Bonchev–Trinajstić information content (AvgIpc) is 2.74. The first kappa shape index (κ1) is 18.8. The Labute approximate surface area is 157 Å². The van der Waals surface area contributed by atoms with E-state index in [0.717, 1.165) is 37.6 Å². The fraction of sp³-hybridized carbons (Fsp3) is 0.238. The van der Waals surface area contributed by atoms with Gasteiger partial charge in [-0.3, -0.25) is 0 Å². The number of benzene rings is 2. The molecular weight excluding hydrogens is 344 g/mol. The van der Waals surface area contributed by atoms with Crippen LogP contribution in [0.15, 0.2) is 54.6 Å². The number of morpholine rings is 1. The molecule has 2 heterocycles. The van der Waals surface area contributed by atoms with Gasteiger partial charge in [0.25, 0.3) is 0 Å². The Kier molecular flexibility index (Phi) is 6.35. The van der Waals surface area contributed by atoms with E-state index in [-0.39, 0.29) is 5.56 Å². The fourth-order valence-electron chi connectivity index (χ4n) is 2.78. The summed E-state index contributed by atoms with van der Waals surface area (Å²) < 4.78 is 10.1. The first-order valence-corrected chi connectivity index (χ1v) is 8.75. The lowest BCUT2D eigenvalue weighted by atomic mass is 10.0. The third kappa shape index (κ3) is 4.81. The van der Waals surface area contributed by atoms with E-state index in [0.29, 0.717) is 16.6 Å². The monoisotopic (exact) mass is 366 g/mol. The first-order chi connectivity index (χ1) is 13.2. The van der Waals surface area contributed by atoms with E-state index in [1.807, 2.05) is 42.5 Å². The molecule has 0 bridgehead atoms. The number of hydrogen-bond donors (Lipinski definition) is 2. The number of pyridine rings is 1. The number of nitrogens with zero attached hydrogens (tertiary/aromatic N) is 1. The SMILES string of the molecule is C1COCCN1.COc1ccc(-c2cc(C(=O)O)c3ccccc3n2)cc1. The molecule has 1 fully saturated rings. The van der Waals surface area contributed by atoms with Crippen LogP contribution >= 0.6 is 0 Å². The second kappa shape index (κ2) is 9.12. The summed E-state index contributed by atoms with van der Waals surface area (Å²) in [6.07, 6.45) is 0. The van der Waals surface area contributed by atoms with Crippen molar-refractivity contribution in [2.75, 3.05) is 33.4 Å². The summed E-state index contributed by atoms with van der Waals surface area (Å²) in [5, 5.41) is 13.2. The van der Waals surface area contributed by atoms with Crippen LogP contribution in [-0.2, 0) is 4.74 Å². The van der Waals surface area contributed by atoms with Crippen LogP contribution < -0.4 is 10.1 Å².